The summed E-state index contributed by atoms with van der Waals surface area (Å²) in [6.07, 6.45) is 2.23. The zero-order valence-electron chi connectivity index (χ0n) is 11.3. The predicted octanol–water partition coefficient (Wildman–Crippen LogP) is 1.70. The maximum Gasteiger partial charge on any atom is 0.349 e. The monoisotopic (exact) mass is 317 g/mol. The number of allylic oxidation sites excluding steroid dienone is 1. The fourth-order valence-electron chi connectivity index (χ4n) is 1.41. The first-order valence-corrected chi connectivity index (χ1v) is 8.09. The maximum atomic E-state index is 12.1. The van der Waals surface area contributed by atoms with Crippen LogP contribution in [0.2, 0.25) is 0 Å². The van der Waals surface area contributed by atoms with E-state index in [1.54, 1.807) is 6.08 Å². The van der Waals surface area contributed by atoms with Crippen molar-refractivity contribution in [1.82, 2.24) is 4.72 Å². The second kappa shape index (κ2) is 6.67. The summed E-state index contributed by atoms with van der Waals surface area (Å²) in [4.78, 5) is 22.9. The van der Waals surface area contributed by atoms with E-state index in [9.17, 15) is 18.0 Å². The largest absolute Gasteiger partial charge is 0.465 e. The highest BCUT2D eigenvalue weighted by molar-refractivity contribution is 7.90. The van der Waals surface area contributed by atoms with Crippen LogP contribution in [0, 0.1) is 0 Å². The molecule has 6 nitrogen and oxygen atoms in total. The van der Waals surface area contributed by atoms with Crippen LogP contribution in [0.1, 0.15) is 29.9 Å². The van der Waals surface area contributed by atoms with Crippen LogP contribution in [0.15, 0.2) is 28.0 Å². The Morgan fingerprint density at radius 1 is 1.45 bits per heavy atom. The Morgan fingerprint density at radius 3 is 2.65 bits per heavy atom. The molecular weight excluding hydrogens is 302 g/mol. The number of hydrogen-bond donors (Lipinski definition) is 1. The molecular formula is C12H15NO5S2. The Bertz CT molecular complexity index is 643. The van der Waals surface area contributed by atoms with Crippen LogP contribution in [-0.2, 0) is 19.6 Å². The number of esters is 1. The summed E-state index contributed by atoms with van der Waals surface area (Å²) in [5.74, 6) is -1.47. The molecule has 1 amide bonds. The summed E-state index contributed by atoms with van der Waals surface area (Å²) in [5, 5.41) is 1.44. The molecule has 1 aromatic rings. The van der Waals surface area contributed by atoms with E-state index in [0.717, 1.165) is 18.4 Å². The topological polar surface area (TPSA) is 89.5 Å². The molecule has 0 atom stereocenters. The van der Waals surface area contributed by atoms with E-state index in [1.165, 1.54) is 18.4 Å². The summed E-state index contributed by atoms with van der Waals surface area (Å²) in [6.45, 7) is 3.35. The minimum absolute atomic E-state index is 0.0649. The molecule has 0 saturated heterocycles. The zero-order chi connectivity index (χ0) is 15.3. The van der Waals surface area contributed by atoms with Gasteiger partial charge in [-0.2, -0.15) is 0 Å². The molecule has 0 aliphatic rings. The SMILES string of the molecule is CC/C=C(/C)C(=O)NS(=O)(=O)c1ccsc1C(=O)OC. The standard InChI is InChI=1S/C12H15NO5S2/c1-4-5-8(2)11(14)13-20(16,17)9-6-7-19-10(9)12(15)18-3/h5-7H,4H2,1-3H3,(H,13,14)/b8-5-. The third kappa shape index (κ3) is 3.67. The van der Waals surface area contributed by atoms with Crippen LogP contribution in [0.3, 0.4) is 0 Å². The molecule has 110 valence electrons. The van der Waals surface area contributed by atoms with Gasteiger partial charge in [0.15, 0.2) is 0 Å². The number of thiophene rings is 1. The summed E-state index contributed by atoms with van der Waals surface area (Å²) < 4.78 is 30.6. The molecule has 0 aliphatic carbocycles. The van der Waals surface area contributed by atoms with E-state index in [2.05, 4.69) is 4.74 Å². The maximum absolute atomic E-state index is 12.1. The van der Waals surface area contributed by atoms with E-state index in [1.807, 2.05) is 11.6 Å². The van der Waals surface area contributed by atoms with Crippen LogP contribution in [-0.4, -0.2) is 27.4 Å². The van der Waals surface area contributed by atoms with Gasteiger partial charge in [0.05, 0.1) is 7.11 Å². The van der Waals surface area contributed by atoms with Crippen LogP contribution < -0.4 is 4.72 Å². The highest BCUT2D eigenvalue weighted by Crippen LogP contribution is 2.22. The minimum atomic E-state index is -4.10. The number of nitrogens with one attached hydrogen (secondary N) is 1. The van der Waals surface area contributed by atoms with Gasteiger partial charge in [0, 0.05) is 5.57 Å². The van der Waals surface area contributed by atoms with E-state index in [-0.39, 0.29) is 9.77 Å². The van der Waals surface area contributed by atoms with Crippen molar-refractivity contribution in [3.63, 3.8) is 0 Å². The van der Waals surface area contributed by atoms with Gasteiger partial charge >= 0.3 is 5.97 Å². The second-order valence-electron chi connectivity index (χ2n) is 3.84. The number of rotatable bonds is 5. The van der Waals surface area contributed by atoms with Crippen molar-refractivity contribution in [3.8, 4) is 0 Å². The molecule has 0 aromatic carbocycles. The van der Waals surface area contributed by atoms with Gasteiger partial charge in [-0.25, -0.2) is 17.9 Å². The van der Waals surface area contributed by atoms with Crippen molar-refractivity contribution in [2.24, 2.45) is 0 Å². The third-order valence-corrected chi connectivity index (χ3v) is 4.78. The quantitative estimate of drug-likeness (QED) is 0.659. The summed E-state index contributed by atoms with van der Waals surface area (Å²) in [7, 11) is -2.94. The molecule has 0 radical (unpaired) electrons. The Hall–Kier alpha value is -1.67. The average molecular weight is 317 g/mol. The van der Waals surface area contributed by atoms with Gasteiger partial charge in [-0.15, -0.1) is 11.3 Å². The van der Waals surface area contributed by atoms with E-state index in [4.69, 9.17) is 0 Å². The molecule has 0 aliphatic heterocycles. The van der Waals surface area contributed by atoms with E-state index >= 15 is 0 Å². The molecule has 1 N–H and O–H groups in total. The number of carbonyl (C=O) groups is 2. The van der Waals surface area contributed by atoms with Crippen molar-refractivity contribution in [2.75, 3.05) is 7.11 Å². The highest BCUT2D eigenvalue weighted by atomic mass is 32.2. The summed E-state index contributed by atoms with van der Waals surface area (Å²) in [6, 6.07) is 1.26. The van der Waals surface area contributed by atoms with Crippen molar-refractivity contribution in [1.29, 1.82) is 0 Å². The van der Waals surface area contributed by atoms with Gasteiger partial charge < -0.3 is 4.74 Å². The van der Waals surface area contributed by atoms with Gasteiger partial charge in [-0.3, -0.25) is 4.79 Å². The first-order chi connectivity index (χ1) is 9.33. The highest BCUT2D eigenvalue weighted by Gasteiger charge is 2.26. The second-order valence-corrected chi connectivity index (χ2v) is 6.40. The van der Waals surface area contributed by atoms with E-state index < -0.39 is 21.9 Å². The lowest BCUT2D eigenvalue weighted by molar-refractivity contribution is -0.115. The smallest absolute Gasteiger partial charge is 0.349 e. The number of methoxy groups -OCH3 is 1. The summed E-state index contributed by atoms with van der Waals surface area (Å²) >= 11 is 0.935. The lowest BCUT2D eigenvalue weighted by Gasteiger charge is -2.07. The zero-order valence-corrected chi connectivity index (χ0v) is 12.9. The Morgan fingerprint density at radius 2 is 2.10 bits per heavy atom. The average Bonchev–Trinajstić information content (AvgIpc) is 2.87. The number of sulfonamides is 1. The van der Waals surface area contributed by atoms with Crippen LogP contribution in [0.5, 0.6) is 0 Å². The van der Waals surface area contributed by atoms with Crippen molar-refractivity contribution < 1.29 is 22.7 Å². The fraction of sp³-hybridized carbons (Fsp3) is 0.333. The van der Waals surface area contributed by atoms with Crippen molar-refractivity contribution in [2.45, 2.75) is 25.2 Å². The molecule has 0 bridgehead atoms. The molecule has 0 unspecified atom stereocenters. The molecule has 0 saturated carbocycles. The van der Waals surface area contributed by atoms with Crippen molar-refractivity contribution in [3.05, 3.63) is 28.0 Å². The third-order valence-electron chi connectivity index (χ3n) is 2.38. The van der Waals surface area contributed by atoms with Gasteiger partial charge in [0.1, 0.15) is 9.77 Å². The Balaban J connectivity index is 3.07. The number of amides is 1. The molecule has 1 heterocycles. The fourth-order valence-corrected chi connectivity index (χ4v) is 3.76. The molecule has 1 rings (SSSR count). The number of hydrogen-bond acceptors (Lipinski definition) is 6. The first kappa shape index (κ1) is 16.4. The predicted molar refractivity (Wildman–Crippen MR) is 75.0 cm³/mol. The number of ether oxygens (including phenoxy) is 1. The molecule has 0 fully saturated rings. The van der Waals surface area contributed by atoms with Gasteiger partial charge in [-0.1, -0.05) is 13.0 Å². The Labute approximate surface area is 121 Å². The summed E-state index contributed by atoms with van der Waals surface area (Å²) in [5.41, 5.74) is 0.297. The minimum Gasteiger partial charge on any atom is -0.465 e. The van der Waals surface area contributed by atoms with E-state index in [0.29, 0.717) is 12.0 Å². The first-order valence-electron chi connectivity index (χ1n) is 5.73. The van der Waals surface area contributed by atoms with Gasteiger partial charge in [-0.05, 0) is 24.8 Å². The molecule has 8 heteroatoms. The van der Waals surface area contributed by atoms with Gasteiger partial charge in [0.2, 0.25) is 0 Å². The van der Waals surface area contributed by atoms with Crippen molar-refractivity contribution >= 4 is 33.2 Å². The lowest BCUT2D eigenvalue weighted by atomic mass is 10.2. The Kier molecular flexibility index (Phi) is 5.46. The molecule has 20 heavy (non-hydrogen) atoms. The molecule has 0 spiro atoms. The normalized spacial score (nSPS) is 12.1. The van der Waals surface area contributed by atoms with Crippen LogP contribution >= 0.6 is 11.3 Å². The lowest BCUT2D eigenvalue weighted by Crippen LogP contribution is -2.31. The van der Waals surface area contributed by atoms with Gasteiger partial charge in [0.25, 0.3) is 15.9 Å². The molecule has 1 aromatic heterocycles. The number of carbonyl (C=O) groups excluding carboxylic acids is 2. The van der Waals surface area contributed by atoms with Crippen LogP contribution in [0.4, 0.5) is 0 Å². The van der Waals surface area contributed by atoms with Crippen LogP contribution in [0.25, 0.3) is 0 Å².